The molecule has 1 heterocycles. The van der Waals surface area contributed by atoms with E-state index in [0.717, 1.165) is 30.2 Å². The molecule has 0 bridgehead atoms. The summed E-state index contributed by atoms with van der Waals surface area (Å²) in [6.07, 6.45) is 0.480. The number of hydrogen-bond acceptors (Lipinski definition) is 5. The van der Waals surface area contributed by atoms with E-state index in [1.807, 2.05) is 45.0 Å². The molecule has 1 aliphatic heterocycles. The summed E-state index contributed by atoms with van der Waals surface area (Å²) in [5, 5.41) is 6.32. The normalized spacial score (nSPS) is 16.6. The average Bonchev–Trinajstić information content (AvgIpc) is 3.10. The highest BCUT2D eigenvalue weighted by atomic mass is 127. The number of nitrogens with one attached hydrogen (secondary N) is 2. The molecule has 2 rings (SSSR count). The summed E-state index contributed by atoms with van der Waals surface area (Å²) < 4.78 is 15.9. The SMILES string of the molecule is CN=C(NCc1ccc(OCCOC)cc1)N1CCC(NC(=O)OC(C)(C)C)C1.I. The van der Waals surface area contributed by atoms with Crippen molar-refractivity contribution in [1.29, 1.82) is 0 Å². The quantitative estimate of drug-likeness (QED) is 0.242. The Labute approximate surface area is 196 Å². The molecule has 1 aliphatic rings. The van der Waals surface area contributed by atoms with Gasteiger partial charge in [-0.25, -0.2) is 4.79 Å². The summed E-state index contributed by atoms with van der Waals surface area (Å²) in [6, 6.07) is 8.00. The fraction of sp³-hybridized carbons (Fsp3) is 0.619. The molecule has 8 nitrogen and oxygen atoms in total. The van der Waals surface area contributed by atoms with Gasteiger partial charge in [0.1, 0.15) is 18.0 Å². The second kappa shape index (κ2) is 12.8. The number of ether oxygens (including phenoxy) is 3. The molecule has 0 aromatic heterocycles. The van der Waals surface area contributed by atoms with E-state index >= 15 is 0 Å². The van der Waals surface area contributed by atoms with E-state index in [1.54, 1.807) is 14.2 Å². The molecular formula is C21H35IN4O4. The van der Waals surface area contributed by atoms with Crippen molar-refractivity contribution in [1.82, 2.24) is 15.5 Å². The van der Waals surface area contributed by atoms with Crippen LogP contribution < -0.4 is 15.4 Å². The van der Waals surface area contributed by atoms with Gasteiger partial charge < -0.3 is 29.7 Å². The Morgan fingerprint density at radius 3 is 2.53 bits per heavy atom. The topological polar surface area (TPSA) is 84.4 Å². The van der Waals surface area contributed by atoms with Crippen LogP contribution in [0.5, 0.6) is 5.75 Å². The number of methoxy groups -OCH3 is 1. The van der Waals surface area contributed by atoms with E-state index in [4.69, 9.17) is 14.2 Å². The number of benzene rings is 1. The van der Waals surface area contributed by atoms with Crippen LogP contribution in [0.15, 0.2) is 29.3 Å². The van der Waals surface area contributed by atoms with Crippen molar-refractivity contribution < 1.29 is 19.0 Å². The standard InChI is InChI=1S/C21H34N4O4.HI/c1-21(2,3)29-20(26)24-17-10-11-25(15-17)19(22-4)23-14-16-6-8-18(9-7-16)28-13-12-27-5;/h6-9,17H,10-15H2,1-5H3,(H,22,23)(H,24,26);1H. The maximum Gasteiger partial charge on any atom is 0.407 e. The van der Waals surface area contributed by atoms with Crippen molar-refractivity contribution in [3.8, 4) is 5.75 Å². The minimum Gasteiger partial charge on any atom is -0.491 e. The number of hydrogen-bond donors (Lipinski definition) is 2. The lowest BCUT2D eigenvalue weighted by atomic mass is 10.2. The van der Waals surface area contributed by atoms with Crippen molar-refractivity contribution >= 4 is 36.0 Å². The number of halogens is 1. The third-order valence-electron chi connectivity index (χ3n) is 4.35. The molecule has 0 saturated carbocycles. The summed E-state index contributed by atoms with van der Waals surface area (Å²) in [6.45, 7) is 8.86. The summed E-state index contributed by atoms with van der Waals surface area (Å²) in [5.74, 6) is 1.64. The van der Waals surface area contributed by atoms with Gasteiger partial charge in [0, 0.05) is 33.8 Å². The fourth-order valence-corrected chi connectivity index (χ4v) is 3.00. The predicted molar refractivity (Wildman–Crippen MR) is 129 cm³/mol. The van der Waals surface area contributed by atoms with Gasteiger partial charge in [0.15, 0.2) is 5.96 Å². The maximum atomic E-state index is 12.0. The lowest BCUT2D eigenvalue weighted by molar-refractivity contribution is 0.0507. The molecule has 0 aliphatic carbocycles. The van der Waals surface area contributed by atoms with Gasteiger partial charge in [-0.15, -0.1) is 24.0 Å². The Hall–Kier alpha value is -1.75. The van der Waals surface area contributed by atoms with Gasteiger partial charge >= 0.3 is 6.09 Å². The van der Waals surface area contributed by atoms with Crippen LogP contribution in [0, 0.1) is 0 Å². The van der Waals surface area contributed by atoms with Crippen LogP contribution >= 0.6 is 24.0 Å². The highest BCUT2D eigenvalue weighted by molar-refractivity contribution is 14.0. The molecule has 30 heavy (non-hydrogen) atoms. The Bertz CT molecular complexity index is 677. The van der Waals surface area contributed by atoms with Crippen molar-refractivity contribution in [3.05, 3.63) is 29.8 Å². The number of rotatable bonds is 7. The molecule has 1 saturated heterocycles. The molecule has 1 aromatic carbocycles. The first-order chi connectivity index (χ1) is 13.8. The van der Waals surface area contributed by atoms with Gasteiger partial charge in [0.2, 0.25) is 0 Å². The first-order valence-electron chi connectivity index (χ1n) is 9.96. The number of amides is 1. The molecule has 1 fully saturated rings. The molecule has 1 amide bonds. The smallest absolute Gasteiger partial charge is 0.407 e. The van der Waals surface area contributed by atoms with Gasteiger partial charge in [-0.05, 0) is 44.9 Å². The van der Waals surface area contributed by atoms with Gasteiger partial charge in [-0.1, -0.05) is 12.1 Å². The lowest BCUT2D eigenvalue weighted by Crippen LogP contribution is -2.44. The largest absolute Gasteiger partial charge is 0.491 e. The van der Waals surface area contributed by atoms with E-state index in [9.17, 15) is 4.79 Å². The van der Waals surface area contributed by atoms with Crippen molar-refractivity contribution in [2.24, 2.45) is 4.99 Å². The Kier molecular flexibility index (Phi) is 11.2. The number of aliphatic imine (C=N–C) groups is 1. The highest BCUT2D eigenvalue weighted by Crippen LogP contribution is 2.14. The minimum atomic E-state index is -0.496. The zero-order valence-electron chi connectivity index (χ0n) is 18.6. The molecule has 1 atom stereocenters. The van der Waals surface area contributed by atoms with Crippen LogP contribution in [0.4, 0.5) is 4.79 Å². The van der Waals surface area contributed by atoms with E-state index < -0.39 is 5.60 Å². The fourth-order valence-electron chi connectivity index (χ4n) is 3.00. The lowest BCUT2D eigenvalue weighted by Gasteiger charge is -2.23. The molecular weight excluding hydrogens is 499 g/mol. The van der Waals surface area contributed by atoms with Gasteiger partial charge in [0.05, 0.1) is 12.6 Å². The monoisotopic (exact) mass is 534 g/mol. The van der Waals surface area contributed by atoms with Crippen LogP contribution in [0.3, 0.4) is 0 Å². The van der Waals surface area contributed by atoms with E-state index in [0.29, 0.717) is 26.3 Å². The third-order valence-corrected chi connectivity index (χ3v) is 4.35. The molecule has 170 valence electrons. The van der Waals surface area contributed by atoms with E-state index in [-0.39, 0.29) is 36.1 Å². The second-order valence-electron chi connectivity index (χ2n) is 7.96. The first kappa shape index (κ1) is 26.3. The second-order valence-corrected chi connectivity index (χ2v) is 7.96. The number of alkyl carbamates (subject to hydrolysis) is 1. The molecule has 1 aromatic rings. The summed E-state index contributed by atoms with van der Waals surface area (Å²) in [7, 11) is 3.42. The Morgan fingerprint density at radius 2 is 1.93 bits per heavy atom. The zero-order valence-corrected chi connectivity index (χ0v) is 20.9. The van der Waals surface area contributed by atoms with Crippen LogP contribution in [0.1, 0.15) is 32.8 Å². The third kappa shape index (κ3) is 9.38. The van der Waals surface area contributed by atoms with Crippen LogP contribution in [0.25, 0.3) is 0 Å². The van der Waals surface area contributed by atoms with Gasteiger partial charge in [-0.3, -0.25) is 4.99 Å². The summed E-state index contributed by atoms with van der Waals surface area (Å²) >= 11 is 0. The van der Waals surface area contributed by atoms with E-state index in [2.05, 4.69) is 20.5 Å². The van der Waals surface area contributed by atoms with Crippen molar-refractivity contribution in [2.45, 2.75) is 45.4 Å². The molecule has 2 N–H and O–H groups in total. The minimum absolute atomic E-state index is 0. The van der Waals surface area contributed by atoms with E-state index in [1.165, 1.54) is 0 Å². The molecule has 0 radical (unpaired) electrons. The molecule has 9 heteroatoms. The first-order valence-corrected chi connectivity index (χ1v) is 9.96. The van der Waals surface area contributed by atoms with Crippen LogP contribution in [-0.2, 0) is 16.0 Å². The van der Waals surface area contributed by atoms with Crippen molar-refractivity contribution in [2.75, 3.05) is 40.5 Å². The Morgan fingerprint density at radius 1 is 1.23 bits per heavy atom. The Balaban J connectivity index is 0.00000450. The number of likely N-dealkylation sites (tertiary alicyclic amines) is 1. The van der Waals surface area contributed by atoms with Crippen LogP contribution in [-0.4, -0.2) is 69.1 Å². The number of carbonyl (C=O) groups is 1. The van der Waals surface area contributed by atoms with Crippen molar-refractivity contribution in [3.63, 3.8) is 0 Å². The summed E-state index contributed by atoms with van der Waals surface area (Å²) in [4.78, 5) is 18.5. The summed E-state index contributed by atoms with van der Waals surface area (Å²) in [5.41, 5.74) is 0.637. The maximum absolute atomic E-state index is 12.0. The number of nitrogens with zero attached hydrogens (tertiary/aromatic N) is 2. The number of guanidine groups is 1. The average molecular weight is 534 g/mol. The zero-order chi connectivity index (χ0) is 21.3. The molecule has 0 spiro atoms. The van der Waals surface area contributed by atoms with Crippen LogP contribution in [0.2, 0.25) is 0 Å². The van der Waals surface area contributed by atoms with Gasteiger partial charge in [-0.2, -0.15) is 0 Å². The van der Waals surface area contributed by atoms with Gasteiger partial charge in [0.25, 0.3) is 0 Å². The number of carbonyl (C=O) groups excluding carboxylic acids is 1. The highest BCUT2D eigenvalue weighted by Gasteiger charge is 2.27. The predicted octanol–water partition coefficient (Wildman–Crippen LogP) is 3.00. The molecule has 1 unspecified atom stereocenters.